The quantitative estimate of drug-likeness (QED) is 0.725. The van der Waals surface area contributed by atoms with Gasteiger partial charge in [-0.3, -0.25) is 14.4 Å². The van der Waals surface area contributed by atoms with E-state index >= 15 is 0 Å². The highest BCUT2D eigenvalue weighted by atomic mass is 16.6. The van der Waals surface area contributed by atoms with E-state index in [0.29, 0.717) is 29.5 Å². The van der Waals surface area contributed by atoms with Crippen LogP contribution in [0.15, 0.2) is 28.8 Å². The molecule has 9 heteroatoms. The maximum Gasteiger partial charge on any atom is 0.306 e. The minimum Gasteiger partial charge on any atom is -0.456 e. The Bertz CT molecular complexity index is 877. The molecular formula is C19H22N4O5. The minimum absolute atomic E-state index is 0.0666. The van der Waals surface area contributed by atoms with E-state index in [-0.39, 0.29) is 43.7 Å². The average molecular weight is 386 g/mol. The van der Waals surface area contributed by atoms with Crippen LogP contribution in [0.2, 0.25) is 0 Å². The van der Waals surface area contributed by atoms with Gasteiger partial charge in [0.2, 0.25) is 11.8 Å². The zero-order chi connectivity index (χ0) is 20.1. The van der Waals surface area contributed by atoms with Gasteiger partial charge < -0.3 is 19.5 Å². The Labute approximate surface area is 162 Å². The Morgan fingerprint density at radius 2 is 2.07 bits per heavy atom. The second-order valence-corrected chi connectivity index (χ2v) is 6.91. The number of carbonyl (C=O) groups is 3. The molecular weight excluding hydrogens is 364 g/mol. The fraction of sp³-hybridized carbons (Fsp3) is 0.421. The SMILES string of the molecule is CC(C)Cc1noc(COC(=O)CCC(=O)N2CC(=O)Nc3ccccc32)n1. The summed E-state index contributed by atoms with van der Waals surface area (Å²) in [6, 6.07) is 7.02. The van der Waals surface area contributed by atoms with E-state index in [1.165, 1.54) is 4.90 Å². The van der Waals surface area contributed by atoms with Crippen LogP contribution in [0.3, 0.4) is 0 Å². The van der Waals surface area contributed by atoms with Crippen molar-refractivity contribution in [3.05, 3.63) is 36.0 Å². The van der Waals surface area contributed by atoms with Crippen molar-refractivity contribution in [1.29, 1.82) is 0 Å². The van der Waals surface area contributed by atoms with Crippen molar-refractivity contribution in [1.82, 2.24) is 10.1 Å². The Hall–Kier alpha value is -3.23. The van der Waals surface area contributed by atoms with Crippen LogP contribution in [-0.4, -0.2) is 34.5 Å². The lowest BCUT2D eigenvalue weighted by Crippen LogP contribution is -2.42. The van der Waals surface area contributed by atoms with Gasteiger partial charge in [0.1, 0.15) is 6.54 Å². The van der Waals surface area contributed by atoms with Gasteiger partial charge in [-0.1, -0.05) is 31.1 Å². The van der Waals surface area contributed by atoms with Crippen LogP contribution >= 0.6 is 0 Å². The molecule has 9 nitrogen and oxygen atoms in total. The van der Waals surface area contributed by atoms with Crippen LogP contribution in [0, 0.1) is 5.92 Å². The van der Waals surface area contributed by atoms with Crippen LogP contribution in [0.4, 0.5) is 11.4 Å². The van der Waals surface area contributed by atoms with E-state index in [0.717, 1.165) is 0 Å². The third-order valence-electron chi connectivity index (χ3n) is 4.07. The smallest absolute Gasteiger partial charge is 0.306 e. The average Bonchev–Trinajstić information content (AvgIpc) is 3.10. The number of rotatable bonds is 7. The standard InChI is InChI=1S/C19H22N4O5/c1-12(2)9-15-21-17(28-22-15)11-27-19(26)8-7-18(25)23-10-16(24)20-13-5-3-4-6-14(13)23/h3-6,12H,7-11H2,1-2H3,(H,20,24). The highest BCUT2D eigenvalue weighted by molar-refractivity contribution is 6.10. The number of carbonyl (C=O) groups excluding carboxylic acids is 3. The summed E-state index contributed by atoms with van der Waals surface area (Å²) in [7, 11) is 0. The van der Waals surface area contributed by atoms with E-state index in [1.54, 1.807) is 24.3 Å². The molecule has 2 heterocycles. The summed E-state index contributed by atoms with van der Waals surface area (Å²) in [6.07, 6.45) is 0.506. The molecule has 148 valence electrons. The second kappa shape index (κ2) is 8.64. The maximum absolute atomic E-state index is 12.5. The summed E-state index contributed by atoms with van der Waals surface area (Å²) in [6.45, 7) is 3.87. The predicted octanol–water partition coefficient (Wildman–Crippen LogP) is 2.08. The fourth-order valence-corrected chi connectivity index (χ4v) is 2.81. The molecule has 2 amide bonds. The Kier molecular flexibility index (Phi) is 6.03. The van der Waals surface area contributed by atoms with E-state index in [4.69, 9.17) is 9.26 Å². The topological polar surface area (TPSA) is 115 Å². The number of aromatic nitrogens is 2. The number of para-hydroxylation sites is 2. The lowest BCUT2D eigenvalue weighted by molar-refractivity contribution is -0.146. The number of esters is 1. The van der Waals surface area contributed by atoms with Crippen molar-refractivity contribution in [2.75, 3.05) is 16.8 Å². The molecule has 0 atom stereocenters. The van der Waals surface area contributed by atoms with E-state index in [2.05, 4.69) is 15.5 Å². The first kappa shape index (κ1) is 19.5. The summed E-state index contributed by atoms with van der Waals surface area (Å²) in [5.74, 6) is 0.0300. The molecule has 0 spiro atoms. The Balaban J connectivity index is 1.49. The second-order valence-electron chi connectivity index (χ2n) is 6.91. The van der Waals surface area contributed by atoms with Gasteiger partial charge in [-0.2, -0.15) is 4.98 Å². The van der Waals surface area contributed by atoms with Crippen molar-refractivity contribution >= 4 is 29.2 Å². The number of anilines is 2. The van der Waals surface area contributed by atoms with Crippen molar-refractivity contribution in [3.63, 3.8) is 0 Å². The molecule has 0 aliphatic carbocycles. The van der Waals surface area contributed by atoms with Crippen molar-refractivity contribution in [2.24, 2.45) is 5.92 Å². The zero-order valence-corrected chi connectivity index (χ0v) is 15.8. The van der Waals surface area contributed by atoms with Gasteiger partial charge in [0.05, 0.1) is 17.8 Å². The van der Waals surface area contributed by atoms with Gasteiger partial charge in [0, 0.05) is 12.8 Å². The number of fused-ring (bicyclic) bond motifs is 1. The normalized spacial score (nSPS) is 13.2. The van der Waals surface area contributed by atoms with E-state index in [1.807, 2.05) is 13.8 Å². The fourth-order valence-electron chi connectivity index (χ4n) is 2.81. The summed E-state index contributed by atoms with van der Waals surface area (Å²) in [5, 5.41) is 6.54. The van der Waals surface area contributed by atoms with Gasteiger partial charge in [-0.05, 0) is 18.1 Å². The van der Waals surface area contributed by atoms with Crippen LogP contribution in [0.5, 0.6) is 0 Å². The highest BCUT2D eigenvalue weighted by Crippen LogP contribution is 2.29. The number of hydrogen-bond donors (Lipinski definition) is 1. The summed E-state index contributed by atoms with van der Waals surface area (Å²) in [4.78, 5) is 41.7. The number of nitrogens with zero attached hydrogens (tertiary/aromatic N) is 3. The van der Waals surface area contributed by atoms with Crippen molar-refractivity contribution in [3.8, 4) is 0 Å². The largest absolute Gasteiger partial charge is 0.456 e. The molecule has 0 bridgehead atoms. The van der Waals surface area contributed by atoms with Gasteiger partial charge in [0.15, 0.2) is 12.4 Å². The predicted molar refractivity (Wildman–Crippen MR) is 99.3 cm³/mol. The van der Waals surface area contributed by atoms with Crippen molar-refractivity contribution < 1.29 is 23.6 Å². The number of ether oxygens (including phenoxy) is 1. The lowest BCUT2D eigenvalue weighted by Gasteiger charge is -2.29. The van der Waals surface area contributed by atoms with Crippen LogP contribution in [0.1, 0.15) is 38.4 Å². The van der Waals surface area contributed by atoms with E-state index < -0.39 is 5.97 Å². The summed E-state index contributed by atoms with van der Waals surface area (Å²) in [5.41, 5.74) is 1.19. The molecule has 1 aromatic carbocycles. The third-order valence-corrected chi connectivity index (χ3v) is 4.07. The molecule has 2 aromatic rings. The van der Waals surface area contributed by atoms with Crippen LogP contribution < -0.4 is 10.2 Å². The Morgan fingerprint density at radius 1 is 1.29 bits per heavy atom. The molecule has 0 unspecified atom stereocenters. The molecule has 0 radical (unpaired) electrons. The monoisotopic (exact) mass is 386 g/mol. The van der Waals surface area contributed by atoms with Gasteiger partial charge >= 0.3 is 5.97 Å². The van der Waals surface area contributed by atoms with E-state index in [9.17, 15) is 14.4 Å². The molecule has 28 heavy (non-hydrogen) atoms. The van der Waals surface area contributed by atoms with Crippen molar-refractivity contribution in [2.45, 2.75) is 39.7 Å². The molecule has 1 aliphatic rings. The number of hydrogen-bond acceptors (Lipinski definition) is 7. The zero-order valence-electron chi connectivity index (χ0n) is 15.8. The van der Waals surface area contributed by atoms with Crippen LogP contribution in [0.25, 0.3) is 0 Å². The number of nitrogens with one attached hydrogen (secondary N) is 1. The lowest BCUT2D eigenvalue weighted by atomic mass is 10.1. The molecule has 0 saturated heterocycles. The summed E-state index contributed by atoms with van der Waals surface area (Å²) < 4.78 is 10.1. The number of benzene rings is 1. The molecule has 0 saturated carbocycles. The molecule has 1 aromatic heterocycles. The van der Waals surface area contributed by atoms with Crippen LogP contribution in [-0.2, 0) is 32.1 Å². The highest BCUT2D eigenvalue weighted by Gasteiger charge is 2.26. The molecule has 1 N–H and O–H groups in total. The van der Waals surface area contributed by atoms with Gasteiger partial charge in [0.25, 0.3) is 5.89 Å². The van der Waals surface area contributed by atoms with Gasteiger partial charge in [-0.15, -0.1) is 0 Å². The number of amides is 2. The minimum atomic E-state index is -0.549. The molecule has 0 fully saturated rings. The van der Waals surface area contributed by atoms with Gasteiger partial charge in [-0.25, -0.2) is 0 Å². The first-order valence-corrected chi connectivity index (χ1v) is 9.08. The molecule has 1 aliphatic heterocycles. The molecule has 3 rings (SSSR count). The first-order chi connectivity index (χ1) is 13.4. The first-order valence-electron chi connectivity index (χ1n) is 9.08. The third kappa shape index (κ3) is 4.93. The summed E-state index contributed by atoms with van der Waals surface area (Å²) >= 11 is 0. The maximum atomic E-state index is 12.5. The Morgan fingerprint density at radius 3 is 2.86 bits per heavy atom.